The van der Waals surface area contributed by atoms with Crippen molar-refractivity contribution in [1.82, 2.24) is 0 Å². The molecule has 0 amide bonds. The molecule has 0 N–H and O–H groups in total. The number of hydrogen-bond donors (Lipinski definition) is 0. The minimum Gasteiger partial charge on any atom is -0.423 e. The molecular weight excluding hydrogens is 312 g/mol. The van der Waals surface area contributed by atoms with Gasteiger partial charge in [-0.05, 0) is 55.0 Å². The lowest BCUT2D eigenvalue weighted by atomic mass is 10.2. The molecule has 0 bridgehead atoms. The molecule has 6 heteroatoms. The van der Waals surface area contributed by atoms with Crippen LogP contribution >= 0.6 is 11.6 Å². The van der Waals surface area contributed by atoms with Crippen LogP contribution in [0.3, 0.4) is 0 Å². The highest BCUT2D eigenvalue weighted by molar-refractivity contribution is 7.90. The molecule has 0 aliphatic carbocycles. The summed E-state index contributed by atoms with van der Waals surface area (Å²) in [6.07, 6.45) is 1.11. The van der Waals surface area contributed by atoms with Crippen molar-refractivity contribution in [2.24, 2.45) is 0 Å². The van der Waals surface area contributed by atoms with E-state index >= 15 is 0 Å². The summed E-state index contributed by atoms with van der Waals surface area (Å²) in [7, 11) is -3.28. The number of aryl methyl sites for hydroxylation is 1. The van der Waals surface area contributed by atoms with Crippen molar-refractivity contribution in [2.75, 3.05) is 6.26 Å². The number of sulfone groups is 1. The van der Waals surface area contributed by atoms with Gasteiger partial charge in [0, 0.05) is 11.3 Å². The first-order valence-corrected chi connectivity index (χ1v) is 8.33. The van der Waals surface area contributed by atoms with Crippen LogP contribution < -0.4 is 4.74 Å². The standard InChI is InChI=1S/C15H13ClO4S/c1-10-9-12(16)5-8-14(10)20-15(17)11-3-6-13(7-4-11)21(2,18)19/h3-9H,1-2H3. The molecule has 0 aliphatic heterocycles. The van der Waals surface area contributed by atoms with Crippen LogP contribution in [0.4, 0.5) is 0 Å². The summed E-state index contributed by atoms with van der Waals surface area (Å²) in [6, 6.07) is 10.5. The predicted octanol–water partition coefficient (Wildman–Crippen LogP) is 3.27. The molecular formula is C15H13ClO4S. The summed E-state index contributed by atoms with van der Waals surface area (Å²) >= 11 is 5.83. The van der Waals surface area contributed by atoms with Gasteiger partial charge in [-0.2, -0.15) is 0 Å². The van der Waals surface area contributed by atoms with Crippen LogP contribution in [-0.4, -0.2) is 20.6 Å². The fourth-order valence-electron chi connectivity index (χ4n) is 1.72. The monoisotopic (exact) mass is 324 g/mol. The van der Waals surface area contributed by atoms with Crippen molar-refractivity contribution in [2.45, 2.75) is 11.8 Å². The number of halogens is 1. The van der Waals surface area contributed by atoms with E-state index in [4.69, 9.17) is 16.3 Å². The Morgan fingerprint density at radius 2 is 1.71 bits per heavy atom. The number of carbonyl (C=O) groups is 1. The zero-order valence-electron chi connectivity index (χ0n) is 11.5. The summed E-state index contributed by atoms with van der Waals surface area (Å²) in [5, 5.41) is 0.560. The normalized spacial score (nSPS) is 11.2. The van der Waals surface area contributed by atoms with Gasteiger partial charge in [-0.25, -0.2) is 13.2 Å². The van der Waals surface area contributed by atoms with Gasteiger partial charge in [0.2, 0.25) is 0 Å². The zero-order valence-corrected chi connectivity index (χ0v) is 13.0. The molecule has 0 saturated carbocycles. The fourth-order valence-corrected chi connectivity index (χ4v) is 2.58. The molecule has 2 aromatic carbocycles. The van der Waals surface area contributed by atoms with E-state index < -0.39 is 15.8 Å². The van der Waals surface area contributed by atoms with Crippen LogP contribution in [0.5, 0.6) is 5.75 Å². The van der Waals surface area contributed by atoms with E-state index in [0.717, 1.165) is 11.8 Å². The molecule has 0 saturated heterocycles. The number of rotatable bonds is 3. The molecule has 0 radical (unpaired) electrons. The number of esters is 1. The lowest BCUT2D eigenvalue weighted by Gasteiger charge is -2.08. The minimum absolute atomic E-state index is 0.154. The molecule has 21 heavy (non-hydrogen) atoms. The maximum Gasteiger partial charge on any atom is 0.343 e. The summed E-state index contributed by atoms with van der Waals surface area (Å²) in [5.41, 5.74) is 1.01. The van der Waals surface area contributed by atoms with Gasteiger partial charge in [0.15, 0.2) is 9.84 Å². The minimum atomic E-state index is -3.28. The van der Waals surface area contributed by atoms with E-state index in [0.29, 0.717) is 10.8 Å². The summed E-state index contributed by atoms with van der Waals surface area (Å²) < 4.78 is 28.0. The van der Waals surface area contributed by atoms with Crippen molar-refractivity contribution in [1.29, 1.82) is 0 Å². The first-order chi connectivity index (χ1) is 9.77. The molecule has 0 atom stereocenters. The Bertz CT molecular complexity index is 780. The van der Waals surface area contributed by atoms with Crippen LogP contribution in [0.15, 0.2) is 47.4 Å². The van der Waals surface area contributed by atoms with Crippen LogP contribution in [0, 0.1) is 6.92 Å². The molecule has 0 aliphatic rings. The smallest absolute Gasteiger partial charge is 0.343 e. The number of ether oxygens (including phenoxy) is 1. The number of hydrogen-bond acceptors (Lipinski definition) is 4. The second-order valence-corrected chi connectivity index (χ2v) is 7.05. The third-order valence-corrected chi connectivity index (χ3v) is 4.22. The van der Waals surface area contributed by atoms with Crippen LogP contribution in [-0.2, 0) is 9.84 Å². The van der Waals surface area contributed by atoms with Gasteiger partial charge >= 0.3 is 5.97 Å². The van der Waals surface area contributed by atoms with Gasteiger partial charge in [-0.15, -0.1) is 0 Å². The van der Waals surface area contributed by atoms with Crippen molar-refractivity contribution in [3.8, 4) is 5.75 Å². The van der Waals surface area contributed by atoms with Gasteiger partial charge in [0.25, 0.3) is 0 Å². The maximum absolute atomic E-state index is 12.0. The molecule has 0 fully saturated rings. The highest BCUT2D eigenvalue weighted by atomic mass is 35.5. The number of carbonyl (C=O) groups excluding carboxylic acids is 1. The Labute approximate surface area is 128 Å². The molecule has 0 unspecified atom stereocenters. The molecule has 110 valence electrons. The summed E-state index contributed by atoms with van der Waals surface area (Å²) in [5.74, 6) is -0.142. The Kier molecular flexibility index (Phi) is 4.34. The maximum atomic E-state index is 12.0. The third-order valence-electron chi connectivity index (χ3n) is 2.86. The van der Waals surface area contributed by atoms with Gasteiger partial charge in [-0.3, -0.25) is 0 Å². The lowest BCUT2D eigenvalue weighted by Crippen LogP contribution is -2.09. The van der Waals surface area contributed by atoms with Crippen LogP contribution in [0.1, 0.15) is 15.9 Å². The van der Waals surface area contributed by atoms with E-state index in [1.54, 1.807) is 25.1 Å². The van der Waals surface area contributed by atoms with E-state index in [9.17, 15) is 13.2 Å². The van der Waals surface area contributed by atoms with Gasteiger partial charge < -0.3 is 4.74 Å². The third kappa shape index (κ3) is 3.83. The summed E-state index contributed by atoms with van der Waals surface area (Å²) in [6.45, 7) is 1.78. The fraction of sp³-hybridized carbons (Fsp3) is 0.133. The topological polar surface area (TPSA) is 60.4 Å². The Morgan fingerprint density at radius 1 is 1.10 bits per heavy atom. The van der Waals surface area contributed by atoms with Crippen molar-refractivity contribution in [3.63, 3.8) is 0 Å². The average molecular weight is 325 g/mol. The van der Waals surface area contributed by atoms with E-state index in [1.807, 2.05) is 0 Å². The van der Waals surface area contributed by atoms with Gasteiger partial charge in [-0.1, -0.05) is 11.6 Å². The molecule has 2 aromatic rings. The van der Waals surface area contributed by atoms with Crippen molar-refractivity contribution in [3.05, 3.63) is 58.6 Å². The molecule has 0 heterocycles. The average Bonchev–Trinajstić information content (AvgIpc) is 2.41. The predicted molar refractivity (Wildman–Crippen MR) is 80.7 cm³/mol. The van der Waals surface area contributed by atoms with Crippen molar-refractivity contribution < 1.29 is 17.9 Å². The molecule has 4 nitrogen and oxygen atoms in total. The first kappa shape index (κ1) is 15.5. The second-order valence-electron chi connectivity index (χ2n) is 4.60. The highest BCUT2D eigenvalue weighted by Crippen LogP contribution is 2.23. The van der Waals surface area contributed by atoms with Crippen molar-refractivity contribution >= 4 is 27.4 Å². The SMILES string of the molecule is Cc1cc(Cl)ccc1OC(=O)c1ccc(S(C)(=O)=O)cc1. The largest absolute Gasteiger partial charge is 0.423 e. The van der Waals surface area contributed by atoms with Crippen LogP contribution in [0.25, 0.3) is 0 Å². The summed E-state index contributed by atoms with van der Waals surface area (Å²) in [4.78, 5) is 12.2. The quantitative estimate of drug-likeness (QED) is 0.642. The Morgan fingerprint density at radius 3 is 2.24 bits per heavy atom. The van der Waals surface area contributed by atoms with E-state index in [1.165, 1.54) is 24.3 Å². The second kappa shape index (κ2) is 5.87. The molecule has 2 rings (SSSR count). The zero-order chi connectivity index (χ0) is 15.6. The Hall–Kier alpha value is -1.85. The van der Waals surface area contributed by atoms with Gasteiger partial charge in [0.05, 0.1) is 10.5 Å². The molecule has 0 spiro atoms. The Balaban J connectivity index is 2.21. The van der Waals surface area contributed by atoms with Crippen LogP contribution in [0.2, 0.25) is 5.02 Å². The molecule has 0 aromatic heterocycles. The van der Waals surface area contributed by atoms with E-state index in [-0.39, 0.29) is 10.5 Å². The van der Waals surface area contributed by atoms with E-state index in [2.05, 4.69) is 0 Å². The first-order valence-electron chi connectivity index (χ1n) is 6.06. The lowest BCUT2D eigenvalue weighted by molar-refractivity contribution is 0.0733. The van der Waals surface area contributed by atoms with Gasteiger partial charge in [0.1, 0.15) is 5.75 Å². The number of benzene rings is 2. The highest BCUT2D eigenvalue weighted by Gasteiger charge is 2.12.